The van der Waals surface area contributed by atoms with Crippen LogP contribution >= 0.6 is 11.3 Å². The van der Waals surface area contributed by atoms with E-state index < -0.39 is 0 Å². The van der Waals surface area contributed by atoms with Crippen LogP contribution in [0, 0.1) is 5.82 Å². The molecule has 0 amide bonds. The summed E-state index contributed by atoms with van der Waals surface area (Å²) in [5, 5.41) is 0.631. The lowest BCUT2D eigenvalue weighted by molar-refractivity contribution is 0.112. The molecule has 0 fully saturated rings. The fourth-order valence-corrected chi connectivity index (χ4v) is 2.81. The first-order chi connectivity index (χ1) is 8.78. The predicted molar refractivity (Wildman–Crippen MR) is 70.4 cm³/mol. The number of fused-ring (bicyclic) bond motifs is 1. The maximum Gasteiger partial charge on any atom is 0.150 e. The van der Waals surface area contributed by atoms with E-state index in [1.54, 1.807) is 36.4 Å². The Bertz CT molecular complexity index is 735. The smallest absolute Gasteiger partial charge is 0.150 e. The third kappa shape index (κ3) is 1.80. The Balaban J connectivity index is 2.19. The van der Waals surface area contributed by atoms with Crippen LogP contribution in [0.3, 0.4) is 0 Å². The lowest BCUT2D eigenvalue weighted by Crippen LogP contribution is -1.81. The molecule has 3 aromatic rings. The number of aromatic nitrogens is 1. The van der Waals surface area contributed by atoms with E-state index in [1.165, 1.54) is 17.4 Å². The molecule has 4 heteroatoms. The number of hydrogen-bond donors (Lipinski definition) is 0. The summed E-state index contributed by atoms with van der Waals surface area (Å²) >= 11 is 1.38. The van der Waals surface area contributed by atoms with Crippen molar-refractivity contribution in [1.82, 2.24) is 4.98 Å². The summed E-state index contributed by atoms with van der Waals surface area (Å²) in [4.78, 5) is 15.1. The van der Waals surface area contributed by atoms with Gasteiger partial charge in [0.2, 0.25) is 0 Å². The van der Waals surface area contributed by atoms with Gasteiger partial charge in [0.25, 0.3) is 0 Å². The molecular weight excluding hydrogens is 249 g/mol. The summed E-state index contributed by atoms with van der Waals surface area (Å²) in [5.41, 5.74) is 1.88. The molecule has 0 bridgehead atoms. The molecule has 0 radical (unpaired) electrons. The normalized spacial score (nSPS) is 10.7. The van der Waals surface area contributed by atoms with Crippen LogP contribution in [0.2, 0.25) is 0 Å². The molecular formula is C14H8FNOS. The number of nitrogens with zero attached hydrogens (tertiary/aromatic N) is 1. The van der Waals surface area contributed by atoms with Gasteiger partial charge in [0.15, 0.2) is 0 Å². The molecule has 0 aliphatic carbocycles. The van der Waals surface area contributed by atoms with E-state index in [2.05, 4.69) is 4.98 Å². The Kier molecular flexibility index (Phi) is 2.64. The number of aldehydes is 1. The molecule has 0 unspecified atom stereocenters. The molecule has 0 aliphatic heterocycles. The Hall–Kier alpha value is -2.07. The van der Waals surface area contributed by atoms with Gasteiger partial charge in [-0.3, -0.25) is 4.79 Å². The van der Waals surface area contributed by atoms with Crippen LogP contribution in [0.4, 0.5) is 4.39 Å². The molecule has 2 aromatic carbocycles. The third-order valence-electron chi connectivity index (χ3n) is 2.65. The molecule has 88 valence electrons. The van der Waals surface area contributed by atoms with E-state index in [0.29, 0.717) is 16.1 Å². The highest BCUT2D eigenvalue weighted by Crippen LogP contribution is 2.31. The molecule has 1 heterocycles. The van der Waals surface area contributed by atoms with E-state index >= 15 is 0 Å². The second-order valence-corrected chi connectivity index (χ2v) is 4.87. The van der Waals surface area contributed by atoms with Crippen LogP contribution in [-0.2, 0) is 0 Å². The zero-order chi connectivity index (χ0) is 12.5. The highest BCUT2D eigenvalue weighted by Gasteiger charge is 2.10. The summed E-state index contributed by atoms with van der Waals surface area (Å²) in [6, 6.07) is 11.8. The van der Waals surface area contributed by atoms with Gasteiger partial charge in [-0.2, -0.15) is 0 Å². The van der Waals surface area contributed by atoms with Crippen molar-refractivity contribution in [2.75, 3.05) is 0 Å². The predicted octanol–water partition coefficient (Wildman–Crippen LogP) is 3.91. The van der Waals surface area contributed by atoms with E-state index in [4.69, 9.17) is 0 Å². The van der Waals surface area contributed by atoms with Crippen LogP contribution in [0.5, 0.6) is 0 Å². The largest absolute Gasteiger partial charge is 0.298 e. The minimum Gasteiger partial charge on any atom is -0.298 e. The second kappa shape index (κ2) is 4.31. The SMILES string of the molecule is O=Cc1ccc2nc(-c3ccccc3F)sc2c1. The van der Waals surface area contributed by atoms with Crippen molar-refractivity contribution in [3.63, 3.8) is 0 Å². The number of halogens is 1. The maximum absolute atomic E-state index is 13.7. The van der Waals surface area contributed by atoms with Gasteiger partial charge >= 0.3 is 0 Å². The quantitative estimate of drug-likeness (QED) is 0.651. The van der Waals surface area contributed by atoms with Gasteiger partial charge in [0.1, 0.15) is 17.1 Å². The van der Waals surface area contributed by atoms with Crippen molar-refractivity contribution in [3.8, 4) is 10.6 Å². The van der Waals surface area contributed by atoms with Gasteiger partial charge < -0.3 is 0 Å². The van der Waals surface area contributed by atoms with Crippen molar-refractivity contribution < 1.29 is 9.18 Å². The average Bonchev–Trinajstić information content (AvgIpc) is 2.81. The average molecular weight is 257 g/mol. The zero-order valence-electron chi connectivity index (χ0n) is 9.26. The van der Waals surface area contributed by atoms with Crippen LogP contribution in [0.1, 0.15) is 10.4 Å². The summed E-state index contributed by atoms with van der Waals surface area (Å²) in [7, 11) is 0. The summed E-state index contributed by atoms with van der Waals surface area (Å²) in [6.45, 7) is 0. The highest BCUT2D eigenvalue weighted by atomic mass is 32.1. The zero-order valence-corrected chi connectivity index (χ0v) is 10.1. The summed E-state index contributed by atoms with van der Waals surface area (Å²) in [5.74, 6) is -0.285. The second-order valence-electron chi connectivity index (χ2n) is 3.84. The molecule has 0 saturated heterocycles. The lowest BCUT2D eigenvalue weighted by Gasteiger charge is -1.96. The molecule has 0 N–H and O–H groups in total. The van der Waals surface area contributed by atoms with Gasteiger partial charge in [-0.05, 0) is 30.3 Å². The first-order valence-electron chi connectivity index (χ1n) is 5.38. The van der Waals surface area contributed by atoms with Crippen LogP contribution < -0.4 is 0 Å². The fourth-order valence-electron chi connectivity index (χ4n) is 1.76. The standard InChI is InChI=1S/C14H8FNOS/c15-11-4-2-1-3-10(11)14-16-12-6-5-9(8-17)7-13(12)18-14/h1-8H. The topological polar surface area (TPSA) is 30.0 Å². The van der Waals surface area contributed by atoms with E-state index in [-0.39, 0.29) is 5.82 Å². The number of thiazole rings is 1. The third-order valence-corrected chi connectivity index (χ3v) is 3.70. The van der Waals surface area contributed by atoms with Crippen molar-refractivity contribution in [3.05, 3.63) is 53.8 Å². The maximum atomic E-state index is 13.7. The van der Waals surface area contributed by atoms with Crippen molar-refractivity contribution >= 4 is 27.8 Å². The van der Waals surface area contributed by atoms with Crippen LogP contribution in [0.15, 0.2) is 42.5 Å². The van der Waals surface area contributed by atoms with Crippen molar-refractivity contribution in [2.24, 2.45) is 0 Å². The molecule has 0 atom stereocenters. The number of benzene rings is 2. The Morgan fingerprint density at radius 1 is 1.17 bits per heavy atom. The van der Waals surface area contributed by atoms with Crippen molar-refractivity contribution in [2.45, 2.75) is 0 Å². The minimum absolute atomic E-state index is 0.285. The molecule has 0 saturated carbocycles. The Labute approximate surface area is 107 Å². The van der Waals surface area contributed by atoms with E-state index in [1.807, 2.05) is 0 Å². The summed E-state index contributed by atoms with van der Waals surface area (Å²) < 4.78 is 14.5. The van der Waals surface area contributed by atoms with Gasteiger partial charge in [-0.1, -0.05) is 12.1 Å². The molecule has 18 heavy (non-hydrogen) atoms. The van der Waals surface area contributed by atoms with Crippen molar-refractivity contribution in [1.29, 1.82) is 0 Å². The monoisotopic (exact) mass is 257 g/mol. The number of rotatable bonds is 2. The first kappa shape index (κ1) is 11.0. The number of hydrogen-bond acceptors (Lipinski definition) is 3. The fraction of sp³-hybridized carbons (Fsp3) is 0. The molecule has 1 aromatic heterocycles. The first-order valence-corrected chi connectivity index (χ1v) is 6.20. The highest BCUT2D eigenvalue weighted by molar-refractivity contribution is 7.21. The minimum atomic E-state index is -0.285. The van der Waals surface area contributed by atoms with E-state index in [0.717, 1.165) is 16.5 Å². The van der Waals surface area contributed by atoms with E-state index in [9.17, 15) is 9.18 Å². The molecule has 2 nitrogen and oxygen atoms in total. The van der Waals surface area contributed by atoms with Gasteiger partial charge in [0, 0.05) is 11.1 Å². The van der Waals surface area contributed by atoms with Crippen LogP contribution in [-0.4, -0.2) is 11.3 Å². The lowest BCUT2D eigenvalue weighted by atomic mass is 10.2. The molecule has 0 spiro atoms. The van der Waals surface area contributed by atoms with Gasteiger partial charge in [-0.15, -0.1) is 11.3 Å². The Morgan fingerprint density at radius 2 is 2.00 bits per heavy atom. The molecule has 0 aliphatic rings. The van der Waals surface area contributed by atoms with Gasteiger partial charge in [0.05, 0.1) is 10.2 Å². The number of carbonyl (C=O) groups is 1. The Morgan fingerprint density at radius 3 is 2.78 bits per heavy atom. The van der Waals surface area contributed by atoms with Gasteiger partial charge in [-0.25, -0.2) is 9.37 Å². The number of carbonyl (C=O) groups excluding carboxylic acids is 1. The van der Waals surface area contributed by atoms with Crippen LogP contribution in [0.25, 0.3) is 20.8 Å². The summed E-state index contributed by atoms with van der Waals surface area (Å²) in [6.07, 6.45) is 0.794. The molecule has 3 rings (SSSR count).